The number of unbranched alkanes of at least 4 members (excludes halogenated alkanes) is 16. The zero-order chi connectivity index (χ0) is 19.8. The molecule has 0 aliphatic rings. The van der Waals surface area contributed by atoms with Crippen molar-refractivity contribution < 1.29 is 28.8 Å². The number of carboxylic acid groups (broad SMARTS) is 1. The summed E-state index contributed by atoms with van der Waals surface area (Å²) in [7, 11) is 0. The molecule has 154 valence electrons. The first-order valence-corrected chi connectivity index (χ1v) is 11.4. The van der Waals surface area contributed by atoms with Gasteiger partial charge in [0.25, 0.3) is 0 Å². The number of hydrogen-bond acceptors (Lipinski definition) is 2. The molecule has 0 unspecified atom stereocenters. The molecule has 28 heavy (non-hydrogen) atoms. The summed E-state index contributed by atoms with van der Waals surface area (Å²) in [5.74, 6) is 11.3. The van der Waals surface area contributed by atoms with Crippen LogP contribution in [0.25, 0.3) is 0 Å². The minimum absolute atomic E-state index is 0. The second-order valence-corrected chi connectivity index (χ2v) is 7.53. The maximum atomic E-state index is 10.3. The Morgan fingerprint density at radius 2 is 0.964 bits per heavy atom. The van der Waals surface area contributed by atoms with Crippen LogP contribution < -0.4 is 24.0 Å². The van der Waals surface area contributed by atoms with Gasteiger partial charge in [0.15, 0.2) is 0 Å². The predicted octanol–water partition coefficient (Wildman–Crippen LogP) is 3.18. The summed E-state index contributed by atoms with van der Waals surface area (Å²) in [5, 5.41) is 10.3. The van der Waals surface area contributed by atoms with Crippen LogP contribution in [0.2, 0.25) is 0 Å². The standard InChI is InChI=1S/C25H42O2.Li/c1-2-3-4-5-6-7-8-9-10-11-12-13-14-15-16-17-18-19-20-21-22-23-24-25(26)27;/h2-12,17-24H2,1H3,(H,26,27);/q;+1/p-1. The molecule has 0 saturated heterocycles. The normalized spacial score (nSPS) is 9.61. The molecule has 0 saturated carbocycles. The van der Waals surface area contributed by atoms with Crippen molar-refractivity contribution in [3.63, 3.8) is 0 Å². The minimum Gasteiger partial charge on any atom is -0.550 e. The molecule has 0 N–H and O–H groups in total. The first kappa shape index (κ1) is 29.4. The zero-order valence-corrected chi connectivity index (χ0v) is 18.8. The zero-order valence-electron chi connectivity index (χ0n) is 18.8. The summed E-state index contributed by atoms with van der Waals surface area (Å²) in [6.07, 6.45) is 22.1. The van der Waals surface area contributed by atoms with Crippen LogP contribution in [-0.2, 0) is 4.79 Å². The Morgan fingerprint density at radius 3 is 1.36 bits per heavy atom. The maximum Gasteiger partial charge on any atom is 1.00 e. The van der Waals surface area contributed by atoms with Crippen LogP contribution in [0.15, 0.2) is 0 Å². The van der Waals surface area contributed by atoms with Crippen molar-refractivity contribution in [1.82, 2.24) is 0 Å². The monoisotopic (exact) mass is 380 g/mol. The van der Waals surface area contributed by atoms with Crippen molar-refractivity contribution >= 4 is 5.97 Å². The molecule has 0 spiro atoms. The molecule has 0 heterocycles. The van der Waals surface area contributed by atoms with E-state index in [1.807, 2.05) is 0 Å². The van der Waals surface area contributed by atoms with E-state index in [1.54, 1.807) is 0 Å². The Kier molecular flexibility index (Phi) is 27.5. The van der Waals surface area contributed by atoms with Gasteiger partial charge < -0.3 is 9.90 Å². The number of hydrogen-bond donors (Lipinski definition) is 0. The number of carbonyl (C=O) groups is 1. The first-order chi connectivity index (χ1) is 13.3. The topological polar surface area (TPSA) is 40.1 Å². The van der Waals surface area contributed by atoms with E-state index in [4.69, 9.17) is 0 Å². The number of carboxylic acids is 1. The molecule has 0 radical (unpaired) electrons. The Labute approximate surface area is 187 Å². The van der Waals surface area contributed by atoms with Crippen molar-refractivity contribution in [3.05, 3.63) is 0 Å². The summed E-state index contributed by atoms with van der Waals surface area (Å²) in [4.78, 5) is 10.3. The van der Waals surface area contributed by atoms with Gasteiger partial charge in [-0.25, -0.2) is 0 Å². The van der Waals surface area contributed by atoms with E-state index in [2.05, 4.69) is 30.6 Å². The molecular formula is C25H41LiO2. The van der Waals surface area contributed by atoms with Crippen LogP contribution in [0, 0.1) is 23.7 Å². The van der Waals surface area contributed by atoms with Gasteiger partial charge in [0.1, 0.15) is 0 Å². The van der Waals surface area contributed by atoms with Crippen molar-refractivity contribution in [1.29, 1.82) is 0 Å². The molecular weight excluding hydrogens is 339 g/mol. The van der Waals surface area contributed by atoms with Gasteiger partial charge in [-0.05, 0) is 37.5 Å². The van der Waals surface area contributed by atoms with Gasteiger partial charge in [0.05, 0.1) is 0 Å². The van der Waals surface area contributed by atoms with Gasteiger partial charge in [-0.1, -0.05) is 102 Å². The van der Waals surface area contributed by atoms with Crippen LogP contribution in [0.1, 0.15) is 129 Å². The SMILES string of the molecule is CCCCCCCCCCCCC#CC#CCCCCCCCCC(=O)[O-].[Li+]. The van der Waals surface area contributed by atoms with Gasteiger partial charge in [-0.2, -0.15) is 0 Å². The summed E-state index contributed by atoms with van der Waals surface area (Å²) < 4.78 is 0. The molecule has 0 fully saturated rings. The fourth-order valence-electron chi connectivity index (χ4n) is 3.10. The molecule has 0 amide bonds. The van der Waals surface area contributed by atoms with Gasteiger partial charge in [0.2, 0.25) is 0 Å². The van der Waals surface area contributed by atoms with Crippen molar-refractivity contribution in [2.75, 3.05) is 0 Å². The molecule has 0 aromatic heterocycles. The molecule has 0 aliphatic heterocycles. The molecule has 0 atom stereocenters. The quantitative estimate of drug-likeness (QED) is 0.208. The van der Waals surface area contributed by atoms with E-state index in [-0.39, 0.29) is 25.3 Å². The number of carbonyl (C=O) groups excluding carboxylic acids is 1. The third kappa shape index (κ3) is 27.4. The van der Waals surface area contributed by atoms with Gasteiger partial charge >= 0.3 is 18.9 Å². The Hall–Kier alpha value is -0.813. The fourth-order valence-corrected chi connectivity index (χ4v) is 3.10. The van der Waals surface area contributed by atoms with E-state index in [0.717, 1.165) is 38.5 Å². The fraction of sp³-hybridized carbons (Fsp3) is 0.800. The average Bonchev–Trinajstić information content (AvgIpc) is 2.65. The van der Waals surface area contributed by atoms with Crippen LogP contribution in [0.5, 0.6) is 0 Å². The van der Waals surface area contributed by atoms with Crippen molar-refractivity contribution in [2.24, 2.45) is 0 Å². The molecule has 0 aromatic carbocycles. The van der Waals surface area contributed by atoms with E-state index in [0.29, 0.717) is 0 Å². The number of aliphatic carboxylic acids is 1. The van der Waals surface area contributed by atoms with Crippen LogP contribution in [-0.4, -0.2) is 5.97 Å². The minimum atomic E-state index is -0.931. The molecule has 0 bridgehead atoms. The molecule has 0 rings (SSSR count). The third-order valence-corrected chi connectivity index (χ3v) is 4.83. The Bertz CT molecular complexity index is 451. The van der Waals surface area contributed by atoms with E-state index in [9.17, 15) is 9.90 Å². The van der Waals surface area contributed by atoms with E-state index < -0.39 is 5.97 Å². The second kappa shape index (κ2) is 26.2. The summed E-state index contributed by atoms with van der Waals surface area (Å²) in [6, 6.07) is 0. The maximum absolute atomic E-state index is 10.3. The van der Waals surface area contributed by atoms with E-state index in [1.165, 1.54) is 77.0 Å². The number of rotatable bonds is 18. The van der Waals surface area contributed by atoms with Gasteiger partial charge in [-0.3, -0.25) is 0 Å². The van der Waals surface area contributed by atoms with Crippen LogP contribution >= 0.6 is 0 Å². The van der Waals surface area contributed by atoms with E-state index >= 15 is 0 Å². The average molecular weight is 381 g/mol. The summed E-state index contributed by atoms with van der Waals surface area (Å²) in [5.41, 5.74) is 0. The van der Waals surface area contributed by atoms with Crippen molar-refractivity contribution in [2.45, 2.75) is 129 Å². The Morgan fingerprint density at radius 1 is 0.607 bits per heavy atom. The summed E-state index contributed by atoms with van der Waals surface area (Å²) >= 11 is 0. The molecule has 2 nitrogen and oxygen atoms in total. The van der Waals surface area contributed by atoms with Gasteiger partial charge in [0, 0.05) is 18.8 Å². The first-order valence-electron chi connectivity index (χ1n) is 11.4. The molecule has 0 aromatic rings. The third-order valence-electron chi connectivity index (χ3n) is 4.83. The Balaban J connectivity index is 0. The predicted molar refractivity (Wildman–Crippen MR) is 114 cm³/mol. The van der Waals surface area contributed by atoms with Crippen LogP contribution in [0.4, 0.5) is 0 Å². The molecule has 0 aliphatic carbocycles. The van der Waals surface area contributed by atoms with Gasteiger partial charge in [-0.15, -0.1) is 0 Å². The summed E-state index contributed by atoms with van der Waals surface area (Å²) in [6.45, 7) is 2.27. The largest absolute Gasteiger partial charge is 1.00 e. The van der Waals surface area contributed by atoms with Crippen molar-refractivity contribution in [3.8, 4) is 23.7 Å². The smallest absolute Gasteiger partial charge is 0.550 e. The van der Waals surface area contributed by atoms with Crippen LogP contribution in [0.3, 0.4) is 0 Å². The molecule has 3 heteroatoms. The second-order valence-electron chi connectivity index (χ2n) is 7.53.